The van der Waals surface area contributed by atoms with Crippen LogP contribution in [0.15, 0.2) is 41.7 Å². The zero-order valence-corrected chi connectivity index (χ0v) is 18.2. The van der Waals surface area contributed by atoms with E-state index in [-0.39, 0.29) is 17.2 Å². The van der Waals surface area contributed by atoms with Gasteiger partial charge < -0.3 is 14.5 Å². The van der Waals surface area contributed by atoms with Gasteiger partial charge in [-0.05, 0) is 25.0 Å². The number of H-pyrrole nitrogens is 1. The Hall–Kier alpha value is -4.02. The number of imidazole rings is 2. The second-order valence-electron chi connectivity index (χ2n) is 8.42. The minimum atomic E-state index is -0.413. The first kappa shape index (κ1) is 19.6. The van der Waals surface area contributed by atoms with Crippen molar-refractivity contribution in [3.63, 3.8) is 0 Å². The molecule has 33 heavy (non-hydrogen) atoms. The molecule has 0 amide bonds. The van der Waals surface area contributed by atoms with Gasteiger partial charge in [-0.3, -0.25) is 9.25 Å². The van der Waals surface area contributed by atoms with Gasteiger partial charge in [-0.1, -0.05) is 6.07 Å². The number of rotatable bonds is 3. The fraction of sp³-hybridized carbons (Fsp3) is 0.318. The lowest BCUT2D eigenvalue weighted by Crippen LogP contribution is -2.37. The predicted octanol–water partition coefficient (Wildman–Crippen LogP) is 2.39. The van der Waals surface area contributed by atoms with Crippen LogP contribution in [0.2, 0.25) is 0 Å². The summed E-state index contributed by atoms with van der Waals surface area (Å²) in [6.45, 7) is 1.40. The van der Waals surface area contributed by atoms with Crippen LogP contribution >= 0.6 is 0 Å². The van der Waals surface area contributed by atoms with Gasteiger partial charge in [0.1, 0.15) is 23.5 Å². The molecular weight excluding hydrogens is 425 g/mol. The Morgan fingerprint density at radius 2 is 1.97 bits per heavy atom. The number of halogens is 1. The normalized spacial score (nSPS) is 15.2. The van der Waals surface area contributed by atoms with E-state index in [2.05, 4.69) is 25.0 Å². The summed E-state index contributed by atoms with van der Waals surface area (Å²) in [5, 5.41) is 4.25. The molecule has 0 bridgehead atoms. The van der Waals surface area contributed by atoms with Crippen LogP contribution in [-0.2, 0) is 14.1 Å². The first-order chi connectivity index (χ1) is 16.0. The Morgan fingerprint density at radius 1 is 1.15 bits per heavy atom. The number of piperidine rings is 1. The molecule has 5 aromatic rings. The summed E-state index contributed by atoms with van der Waals surface area (Å²) in [4.78, 5) is 31.3. The smallest absolute Gasteiger partial charge is 0.326 e. The van der Waals surface area contributed by atoms with E-state index < -0.39 is 5.82 Å². The SMILES string of the molecule is Cn1cc(-c2nc3c(N4CCC(n5c(=O)[nH]c6c(F)cccc65)CC4)ncnc3n2C)cn1. The third kappa shape index (κ3) is 3.03. The van der Waals surface area contributed by atoms with Crippen LogP contribution in [0, 0.1) is 5.82 Å². The molecule has 0 atom stereocenters. The minimum absolute atomic E-state index is 0.0173. The van der Waals surface area contributed by atoms with E-state index >= 15 is 0 Å². The van der Waals surface area contributed by atoms with E-state index in [9.17, 15) is 9.18 Å². The number of hydrogen-bond acceptors (Lipinski definition) is 6. The van der Waals surface area contributed by atoms with Crippen LogP contribution in [-0.4, -0.2) is 51.9 Å². The zero-order chi connectivity index (χ0) is 22.7. The Morgan fingerprint density at radius 3 is 2.73 bits per heavy atom. The Balaban J connectivity index is 1.31. The van der Waals surface area contributed by atoms with Crippen molar-refractivity contribution in [3.8, 4) is 11.4 Å². The van der Waals surface area contributed by atoms with Crippen molar-refractivity contribution < 1.29 is 4.39 Å². The third-order valence-electron chi connectivity index (χ3n) is 6.43. The predicted molar refractivity (Wildman–Crippen MR) is 122 cm³/mol. The summed E-state index contributed by atoms with van der Waals surface area (Å²) in [5.41, 5.74) is 3.00. The molecule has 1 N–H and O–H groups in total. The summed E-state index contributed by atoms with van der Waals surface area (Å²) in [7, 11) is 3.80. The Labute approximate surface area is 187 Å². The Kier molecular flexibility index (Phi) is 4.32. The highest BCUT2D eigenvalue weighted by Gasteiger charge is 2.27. The highest BCUT2D eigenvalue weighted by Crippen LogP contribution is 2.32. The summed E-state index contributed by atoms with van der Waals surface area (Å²) >= 11 is 0. The minimum Gasteiger partial charge on any atom is -0.355 e. The summed E-state index contributed by atoms with van der Waals surface area (Å²) < 4.78 is 19.5. The van der Waals surface area contributed by atoms with Crippen molar-refractivity contribution >= 4 is 28.0 Å². The highest BCUT2D eigenvalue weighted by molar-refractivity contribution is 5.86. The molecule has 1 aromatic carbocycles. The molecule has 0 unspecified atom stereocenters. The van der Waals surface area contributed by atoms with Crippen LogP contribution in [0.4, 0.5) is 10.2 Å². The van der Waals surface area contributed by atoms with Gasteiger partial charge in [0.05, 0.1) is 17.3 Å². The quantitative estimate of drug-likeness (QED) is 0.456. The molecule has 5 heterocycles. The zero-order valence-electron chi connectivity index (χ0n) is 18.2. The van der Waals surface area contributed by atoms with Crippen LogP contribution in [0.3, 0.4) is 0 Å². The van der Waals surface area contributed by atoms with Gasteiger partial charge in [-0.2, -0.15) is 5.10 Å². The summed E-state index contributed by atoms with van der Waals surface area (Å²) in [6.07, 6.45) is 6.73. The molecule has 0 radical (unpaired) electrons. The van der Waals surface area contributed by atoms with Crippen LogP contribution in [0.5, 0.6) is 0 Å². The fourth-order valence-electron chi connectivity index (χ4n) is 4.83. The van der Waals surface area contributed by atoms with Crippen LogP contribution in [0.1, 0.15) is 18.9 Å². The highest BCUT2D eigenvalue weighted by atomic mass is 19.1. The van der Waals surface area contributed by atoms with E-state index in [4.69, 9.17) is 4.98 Å². The van der Waals surface area contributed by atoms with Gasteiger partial charge >= 0.3 is 5.69 Å². The molecule has 0 spiro atoms. The number of aromatic amines is 1. The van der Waals surface area contributed by atoms with Gasteiger partial charge in [0.15, 0.2) is 17.0 Å². The molecule has 4 aromatic heterocycles. The van der Waals surface area contributed by atoms with E-state index in [1.54, 1.807) is 33.9 Å². The number of nitrogens with one attached hydrogen (secondary N) is 1. The lowest BCUT2D eigenvalue weighted by atomic mass is 10.0. The molecule has 11 heteroatoms. The van der Waals surface area contributed by atoms with E-state index in [1.807, 2.05) is 24.9 Å². The molecule has 1 fully saturated rings. The third-order valence-corrected chi connectivity index (χ3v) is 6.43. The number of aryl methyl sites for hydroxylation is 2. The molecule has 1 aliphatic heterocycles. The monoisotopic (exact) mass is 447 g/mol. The molecule has 6 rings (SSSR count). The Bertz CT molecular complexity index is 1550. The van der Waals surface area contributed by atoms with Crippen LogP contribution in [0.25, 0.3) is 33.6 Å². The maximum absolute atomic E-state index is 14.1. The maximum Gasteiger partial charge on any atom is 0.326 e. The lowest BCUT2D eigenvalue weighted by molar-refractivity contribution is 0.395. The lowest BCUT2D eigenvalue weighted by Gasteiger charge is -2.33. The number of para-hydroxylation sites is 1. The van der Waals surface area contributed by atoms with Crippen molar-refractivity contribution in [1.82, 2.24) is 38.9 Å². The number of aromatic nitrogens is 8. The van der Waals surface area contributed by atoms with Gasteiger partial charge in [-0.15, -0.1) is 0 Å². The number of benzene rings is 1. The number of fused-ring (bicyclic) bond motifs is 2. The molecule has 0 aliphatic carbocycles. The topological polar surface area (TPSA) is 102 Å². The van der Waals surface area contributed by atoms with E-state index in [1.165, 1.54) is 6.07 Å². The second-order valence-corrected chi connectivity index (χ2v) is 8.42. The maximum atomic E-state index is 14.1. The van der Waals surface area contributed by atoms with Crippen molar-refractivity contribution in [2.45, 2.75) is 18.9 Å². The van der Waals surface area contributed by atoms with Gasteiger partial charge in [-0.25, -0.2) is 24.1 Å². The van der Waals surface area contributed by atoms with Crippen molar-refractivity contribution in [3.05, 3.63) is 53.2 Å². The molecular formula is C22H22FN9O. The fourth-order valence-corrected chi connectivity index (χ4v) is 4.83. The van der Waals surface area contributed by atoms with Gasteiger partial charge in [0, 0.05) is 39.4 Å². The summed E-state index contributed by atoms with van der Waals surface area (Å²) in [6, 6.07) is 4.76. The molecule has 168 valence electrons. The molecule has 10 nitrogen and oxygen atoms in total. The molecule has 1 aliphatic rings. The van der Waals surface area contributed by atoms with Crippen molar-refractivity contribution in [2.24, 2.45) is 14.1 Å². The van der Waals surface area contributed by atoms with Crippen molar-refractivity contribution in [2.75, 3.05) is 18.0 Å². The largest absolute Gasteiger partial charge is 0.355 e. The number of hydrogen-bond donors (Lipinski definition) is 1. The summed E-state index contributed by atoms with van der Waals surface area (Å²) in [5.74, 6) is 1.15. The van der Waals surface area contributed by atoms with Gasteiger partial charge in [0.2, 0.25) is 0 Å². The second kappa shape index (κ2) is 7.26. The standard InChI is InChI=1S/C22H22FN9O/c1-29-11-13(10-26-29)19-27-18-20(30(19)2)24-12-25-21(18)31-8-6-14(7-9-31)32-16-5-3-4-15(23)17(16)28-22(32)33/h3-5,10-12,14H,6-9H2,1-2H3,(H,28,33). The molecule has 0 saturated carbocycles. The first-order valence-electron chi connectivity index (χ1n) is 10.8. The number of anilines is 1. The van der Waals surface area contributed by atoms with E-state index in [0.29, 0.717) is 18.6 Å². The average molecular weight is 447 g/mol. The average Bonchev–Trinajstić information content (AvgIpc) is 3.49. The van der Waals surface area contributed by atoms with Crippen LogP contribution < -0.4 is 10.6 Å². The van der Waals surface area contributed by atoms with E-state index in [0.717, 1.165) is 41.2 Å². The van der Waals surface area contributed by atoms with Gasteiger partial charge in [0.25, 0.3) is 0 Å². The molecule has 1 saturated heterocycles. The first-order valence-corrected chi connectivity index (χ1v) is 10.8. The van der Waals surface area contributed by atoms with Crippen molar-refractivity contribution in [1.29, 1.82) is 0 Å². The number of nitrogens with zero attached hydrogens (tertiary/aromatic N) is 8.